The largest absolute Gasteiger partial charge is 0.377 e. The molecular weight excluding hydrogens is 250 g/mol. The number of carbonyl (C=O) groups is 1. The van der Waals surface area contributed by atoms with Gasteiger partial charge in [-0.15, -0.1) is 0 Å². The summed E-state index contributed by atoms with van der Waals surface area (Å²) < 4.78 is 0. The summed E-state index contributed by atoms with van der Waals surface area (Å²) in [6, 6.07) is 16.1. The van der Waals surface area contributed by atoms with Crippen LogP contribution in [-0.2, 0) is 0 Å². The molecule has 0 saturated heterocycles. The van der Waals surface area contributed by atoms with E-state index in [0.717, 1.165) is 11.3 Å². The van der Waals surface area contributed by atoms with Gasteiger partial charge in [-0.2, -0.15) is 5.10 Å². The summed E-state index contributed by atoms with van der Waals surface area (Å²) in [4.78, 5) is 12.0. The van der Waals surface area contributed by atoms with Crippen LogP contribution in [-0.4, -0.2) is 12.1 Å². The van der Waals surface area contributed by atoms with Crippen molar-refractivity contribution in [2.45, 2.75) is 12.0 Å². The van der Waals surface area contributed by atoms with Gasteiger partial charge in [0.1, 0.15) is 0 Å². The van der Waals surface area contributed by atoms with Crippen LogP contribution in [0.5, 0.6) is 0 Å². The van der Waals surface area contributed by atoms with Gasteiger partial charge in [0.25, 0.3) is 5.91 Å². The van der Waals surface area contributed by atoms with E-state index in [9.17, 15) is 4.79 Å². The lowest BCUT2D eigenvalue weighted by molar-refractivity contribution is 0.0955. The topological polar surface area (TPSA) is 53.5 Å². The number of rotatable bonds is 1. The molecule has 0 saturated carbocycles. The lowest BCUT2D eigenvalue weighted by Gasteiger charge is -2.17. The second kappa shape index (κ2) is 4.20. The molecule has 2 heterocycles. The Morgan fingerprint density at radius 3 is 2.70 bits per heavy atom. The van der Waals surface area contributed by atoms with Crippen LogP contribution in [0.4, 0.5) is 5.69 Å². The van der Waals surface area contributed by atoms with E-state index in [2.05, 4.69) is 28.0 Å². The van der Waals surface area contributed by atoms with Gasteiger partial charge < -0.3 is 5.32 Å². The molecule has 0 aromatic heterocycles. The fourth-order valence-corrected chi connectivity index (χ4v) is 3.02. The maximum atomic E-state index is 12.0. The van der Waals surface area contributed by atoms with Gasteiger partial charge in [-0.3, -0.25) is 4.79 Å². The molecule has 0 radical (unpaired) electrons. The minimum atomic E-state index is -0.142. The van der Waals surface area contributed by atoms with Crippen LogP contribution in [0.15, 0.2) is 53.6 Å². The van der Waals surface area contributed by atoms with E-state index in [1.807, 2.05) is 42.6 Å². The first-order chi connectivity index (χ1) is 9.84. The van der Waals surface area contributed by atoms with Crippen molar-refractivity contribution in [2.24, 2.45) is 5.10 Å². The normalized spacial score (nSPS) is 22.7. The van der Waals surface area contributed by atoms with Crippen LogP contribution in [0.2, 0.25) is 0 Å². The third-order valence-corrected chi connectivity index (χ3v) is 3.91. The number of carbonyl (C=O) groups excluding carboxylic acids is 1. The molecule has 4 rings (SSSR count). The SMILES string of the molecule is O=C1NN=CC2c3c(cccc31)NC2c1ccccc1. The summed E-state index contributed by atoms with van der Waals surface area (Å²) in [5, 5.41) is 7.57. The van der Waals surface area contributed by atoms with Crippen molar-refractivity contribution < 1.29 is 4.79 Å². The van der Waals surface area contributed by atoms with E-state index in [0.29, 0.717) is 5.56 Å². The molecule has 2 aromatic carbocycles. The third kappa shape index (κ3) is 1.54. The van der Waals surface area contributed by atoms with Crippen molar-refractivity contribution in [3.63, 3.8) is 0 Å². The molecule has 0 spiro atoms. The fourth-order valence-electron chi connectivity index (χ4n) is 3.02. The average Bonchev–Trinajstić information content (AvgIpc) is 2.78. The third-order valence-electron chi connectivity index (χ3n) is 3.91. The Morgan fingerprint density at radius 1 is 1.00 bits per heavy atom. The van der Waals surface area contributed by atoms with Crippen molar-refractivity contribution in [3.8, 4) is 0 Å². The maximum Gasteiger partial charge on any atom is 0.271 e. The summed E-state index contributed by atoms with van der Waals surface area (Å²) in [6.45, 7) is 0. The Balaban J connectivity index is 1.88. The number of hydrogen-bond acceptors (Lipinski definition) is 3. The Labute approximate surface area is 116 Å². The minimum Gasteiger partial charge on any atom is -0.377 e. The van der Waals surface area contributed by atoms with Crippen LogP contribution < -0.4 is 10.7 Å². The zero-order chi connectivity index (χ0) is 13.5. The van der Waals surface area contributed by atoms with E-state index in [-0.39, 0.29) is 17.9 Å². The van der Waals surface area contributed by atoms with Gasteiger partial charge in [-0.05, 0) is 23.3 Å². The first kappa shape index (κ1) is 11.2. The molecule has 0 aliphatic carbocycles. The second-order valence-electron chi connectivity index (χ2n) is 5.04. The van der Waals surface area contributed by atoms with Gasteiger partial charge in [0, 0.05) is 23.4 Å². The van der Waals surface area contributed by atoms with Gasteiger partial charge in [0.15, 0.2) is 0 Å². The van der Waals surface area contributed by atoms with Crippen molar-refractivity contribution in [1.82, 2.24) is 5.43 Å². The molecular formula is C16H13N3O. The van der Waals surface area contributed by atoms with Crippen LogP contribution in [0.3, 0.4) is 0 Å². The van der Waals surface area contributed by atoms with Crippen LogP contribution in [0.1, 0.15) is 33.4 Å². The van der Waals surface area contributed by atoms with E-state index in [1.54, 1.807) is 0 Å². The average molecular weight is 263 g/mol. The summed E-state index contributed by atoms with van der Waals surface area (Å²) in [5.41, 5.74) is 6.53. The van der Waals surface area contributed by atoms with Gasteiger partial charge in [0.05, 0.1) is 6.04 Å². The van der Waals surface area contributed by atoms with Crippen molar-refractivity contribution in [3.05, 3.63) is 65.2 Å². The summed E-state index contributed by atoms with van der Waals surface area (Å²) in [5.74, 6) is -0.0707. The number of benzene rings is 2. The van der Waals surface area contributed by atoms with E-state index < -0.39 is 0 Å². The van der Waals surface area contributed by atoms with Gasteiger partial charge >= 0.3 is 0 Å². The molecule has 2 aromatic rings. The summed E-state index contributed by atoms with van der Waals surface area (Å²) in [6.07, 6.45) is 1.82. The number of hydrazone groups is 1. The fraction of sp³-hybridized carbons (Fsp3) is 0.125. The van der Waals surface area contributed by atoms with E-state index in [4.69, 9.17) is 0 Å². The lowest BCUT2D eigenvalue weighted by Crippen LogP contribution is -2.16. The highest BCUT2D eigenvalue weighted by molar-refractivity contribution is 6.01. The summed E-state index contributed by atoms with van der Waals surface area (Å²) in [7, 11) is 0. The number of nitrogens with zero attached hydrogens (tertiary/aromatic N) is 1. The highest BCUT2D eigenvalue weighted by atomic mass is 16.2. The van der Waals surface area contributed by atoms with Gasteiger partial charge in [0.2, 0.25) is 0 Å². The number of anilines is 1. The molecule has 0 bridgehead atoms. The highest BCUT2D eigenvalue weighted by Crippen LogP contribution is 2.45. The zero-order valence-electron chi connectivity index (χ0n) is 10.7. The monoisotopic (exact) mass is 263 g/mol. The molecule has 2 aliphatic heterocycles. The highest BCUT2D eigenvalue weighted by Gasteiger charge is 2.36. The smallest absolute Gasteiger partial charge is 0.271 e. The Kier molecular flexibility index (Phi) is 2.36. The quantitative estimate of drug-likeness (QED) is 0.831. The number of amides is 1. The Morgan fingerprint density at radius 2 is 1.85 bits per heavy atom. The predicted molar refractivity (Wildman–Crippen MR) is 77.9 cm³/mol. The maximum absolute atomic E-state index is 12.0. The van der Waals surface area contributed by atoms with Crippen LogP contribution >= 0.6 is 0 Å². The Bertz CT molecular complexity index is 709. The molecule has 1 amide bonds. The molecule has 20 heavy (non-hydrogen) atoms. The lowest BCUT2D eigenvalue weighted by atomic mass is 9.89. The van der Waals surface area contributed by atoms with Crippen LogP contribution in [0.25, 0.3) is 0 Å². The molecule has 2 N–H and O–H groups in total. The number of hydrogen-bond donors (Lipinski definition) is 2. The van der Waals surface area contributed by atoms with Gasteiger partial charge in [-0.25, -0.2) is 5.43 Å². The van der Waals surface area contributed by atoms with Crippen molar-refractivity contribution in [2.75, 3.05) is 5.32 Å². The Hall–Kier alpha value is -2.62. The molecule has 2 atom stereocenters. The second-order valence-corrected chi connectivity index (χ2v) is 5.04. The molecule has 4 heteroatoms. The molecule has 2 unspecified atom stereocenters. The van der Waals surface area contributed by atoms with Crippen molar-refractivity contribution in [1.29, 1.82) is 0 Å². The van der Waals surface area contributed by atoms with Crippen molar-refractivity contribution >= 4 is 17.8 Å². The molecule has 4 nitrogen and oxygen atoms in total. The zero-order valence-corrected chi connectivity index (χ0v) is 10.7. The number of nitrogens with one attached hydrogen (secondary N) is 2. The molecule has 0 fully saturated rings. The predicted octanol–water partition coefficient (Wildman–Crippen LogP) is 2.67. The minimum absolute atomic E-state index is 0.0718. The van der Waals surface area contributed by atoms with Crippen LogP contribution in [0, 0.1) is 0 Å². The van der Waals surface area contributed by atoms with Gasteiger partial charge in [-0.1, -0.05) is 36.4 Å². The van der Waals surface area contributed by atoms with E-state index >= 15 is 0 Å². The first-order valence-corrected chi connectivity index (χ1v) is 6.62. The van der Waals surface area contributed by atoms with E-state index in [1.165, 1.54) is 5.56 Å². The first-order valence-electron chi connectivity index (χ1n) is 6.62. The molecule has 98 valence electrons. The molecule has 2 aliphatic rings. The standard InChI is InChI=1S/C16H13N3O/c20-16-11-7-4-8-13-14(11)12(9-17-19-16)15(18-13)10-5-2-1-3-6-10/h1-9,12,15,18H,(H,19,20). The summed E-state index contributed by atoms with van der Waals surface area (Å²) >= 11 is 0.